The zero-order valence-corrected chi connectivity index (χ0v) is 25.5. The van der Waals surface area contributed by atoms with Crippen LogP contribution >= 0.6 is 0 Å². The molecule has 0 aliphatic rings. The maximum Gasteiger partial charge on any atom is 0 e. The van der Waals surface area contributed by atoms with E-state index in [0.717, 1.165) is 17.7 Å². The van der Waals surface area contributed by atoms with E-state index in [1.165, 1.54) is 6.08 Å². The predicted octanol–water partition coefficient (Wildman–Crippen LogP) is 5.91. The molecule has 0 heterocycles. The number of carbonyl (C=O) groups is 1. The molecular formula is C28H30Co2O8Si. The second kappa shape index (κ2) is 42.7. The predicted molar refractivity (Wildman–Crippen MR) is 132 cm³/mol. The molecule has 0 saturated carbocycles. The fourth-order valence-corrected chi connectivity index (χ4v) is 2.92. The number of ketones is 1. The van der Waals surface area contributed by atoms with E-state index in [-0.39, 0.29) is 44.4 Å². The SMILES string of the molecule is C/C=C/C(=O)[C]=[C]CC/C=C(\O[Si](C)(C)C(C)(C)C)c1ccccc1.[C-]#[O+].[C-]#[O+].[C-]#[O+].[C-]#[O+].[C-]#[O+].[C-]#[O+].[Co].[Co]. The van der Waals surface area contributed by atoms with Gasteiger partial charge in [0.05, 0.1) is 0 Å². The van der Waals surface area contributed by atoms with Gasteiger partial charge in [-0.1, -0.05) is 57.2 Å². The molecule has 0 atom stereocenters. The summed E-state index contributed by atoms with van der Waals surface area (Å²) in [5, 5.41) is 0.138. The fourth-order valence-electron chi connectivity index (χ4n) is 1.87. The first-order valence-electron chi connectivity index (χ1n) is 10.00. The largest absolute Gasteiger partial charge is 0 e. The second-order valence-corrected chi connectivity index (χ2v) is 12.2. The number of unbranched alkanes of at least 4 members (excludes halogenated alkanes) is 1. The Morgan fingerprint density at radius 2 is 1.28 bits per heavy atom. The molecule has 39 heavy (non-hydrogen) atoms. The van der Waals surface area contributed by atoms with E-state index >= 15 is 0 Å². The summed E-state index contributed by atoms with van der Waals surface area (Å²) in [5.41, 5.74) is 1.09. The Bertz CT molecular complexity index is 856. The van der Waals surface area contributed by atoms with Gasteiger partial charge in [0.25, 0.3) is 0 Å². The van der Waals surface area contributed by atoms with Crippen LogP contribution in [0.15, 0.2) is 48.6 Å². The maximum atomic E-state index is 11.4. The van der Waals surface area contributed by atoms with Crippen molar-refractivity contribution in [2.45, 2.75) is 58.7 Å². The van der Waals surface area contributed by atoms with Crippen LogP contribution in [0.4, 0.5) is 0 Å². The van der Waals surface area contributed by atoms with Crippen molar-refractivity contribution in [1.29, 1.82) is 0 Å². The third kappa shape index (κ3) is 33.6. The average molecular weight is 640 g/mol. The van der Waals surface area contributed by atoms with Crippen molar-refractivity contribution in [3.63, 3.8) is 0 Å². The third-order valence-corrected chi connectivity index (χ3v) is 8.70. The summed E-state index contributed by atoms with van der Waals surface area (Å²) in [6, 6.07) is 10.2. The molecule has 1 aromatic rings. The Labute approximate surface area is 254 Å². The van der Waals surface area contributed by atoms with Gasteiger partial charge in [0.2, 0.25) is 8.32 Å². The number of allylic oxidation sites excluding steroid dienone is 5. The Morgan fingerprint density at radius 1 is 0.872 bits per heavy atom. The number of rotatable bonds is 8. The topological polar surface area (TPSA) is 146 Å². The molecule has 0 amide bonds. The van der Waals surface area contributed by atoms with E-state index < -0.39 is 8.32 Å². The van der Waals surface area contributed by atoms with Gasteiger partial charge in [0.1, 0.15) is 5.76 Å². The van der Waals surface area contributed by atoms with Gasteiger partial charge >= 0.3 is 67.8 Å². The van der Waals surface area contributed by atoms with Crippen molar-refractivity contribution < 1.29 is 70.7 Å². The van der Waals surface area contributed by atoms with Crippen molar-refractivity contribution in [2.24, 2.45) is 0 Å². The van der Waals surface area contributed by atoms with Crippen LogP contribution in [-0.2, 0) is 70.7 Å². The summed E-state index contributed by atoms with van der Waals surface area (Å²) in [6.45, 7) is 40.0. The summed E-state index contributed by atoms with van der Waals surface area (Å²) in [4.78, 5) is 11.4. The van der Waals surface area contributed by atoms with Gasteiger partial charge in [0, 0.05) is 45.2 Å². The number of hydrogen-bond donors (Lipinski definition) is 0. The van der Waals surface area contributed by atoms with Crippen LogP contribution in [0.5, 0.6) is 0 Å². The van der Waals surface area contributed by atoms with Crippen molar-refractivity contribution in [3.8, 4) is 0 Å². The van der Waals surface area contributed by atoms with Crippen molar-refractivity contribution in [1.82, 2.24) is 0 Å². The van der Waals surface area contributed by atoms with Crippen LogP contribution in [0.2, 0.25) is 18.1 Å². The second-order valence-electron chi connectivity index (χ2n) is 7.50. The molecule has 0 spiro atoms. The van der Waals surface area contributed by atoms with Crippen molar-refractivity contribution >= 4 is 19.9 Å². The molecule has 212 valence electrons. The first-order valence-corrected chi connectivity index (χ1v) is 12.9. The van der Waals surface area contributed by atoms with E-state index in [0.29, 0.717) is 6.42 Å². The Morgan fingerprint density at radius 3 is 1.64 bits per heavy atom. The quantitative estimate of drug-likeness (QED) is 0.0869. The molecule has 0 unspecified atom stereocenters. The third-order valence-electron chi connectivity index (χ3n) is 4.36. The van der Waals surface area contributed by atoms with Gasteiger partial charge in [-0.25, -0.2) is 0 Å². The minimum atomic E-state index is -1.92. The van der Waals surface area contributed by atoms with E-state index in [9.17, 15) is 4.79 Å². The van der Waals surface area contributed by atoms with Crippen LogP contribution in [0.25, 0.3) is 5.76 Å². The molecule has 0 N–H and O–H groups in total. The summed E-state index contributed by atoms with van der Waals surface area (Å²) >= 11 is 0. The number of carbonyl (C=O) groups excluding carboxylic acids is 1. The molecule has 0 aliphatic heterocycles. The molecule has 8 nitrogen and oxygen atoms in total. The fraction of sp³-hybridized carbons (Fsp3) is 0.321. The van der Waals surface area contributed by atoms with Crippen molar-refractivity contribution in [2.75, 3.05) is 0 Å². The molecule has 4 radical (unpaired) electrons. The minimum Gasteiger partial charge on any atom is 0 e. The summed E-state index contributed by atoms with van der Waals surface area (Å²) in [7, 11) is -1.92. The first kappa shape index (κ1) is 56.7. The van der Waals surface area contributed by atoms with Crippen LogP contribution in [0, 0.1) is 52.1 Å². The van der Waals surface area contributed by atoms with Crippen LogP contribution in [0.1, 0.15) is 46.1 Å². The molecule has 0 aliphatic carbocycles. The zero-order valence-electron chi connectivity index (χ0n) is 22.5. The molecule has 11 heteroatoms. The van der Waals surface area contributed by atoms with Crippen LogP contribution in [0.3, 0.4) is 0 Å². The van der Waals surface area contributed by atoms with E-state index in [4.69, 9.17) is 32.3 Å². The van der Waals surface area contributed by atoms with Gasteiger partial charge in [-0.2, -0.15) is 0 Å². The van der Waals surface area contributed by atoms with E-state index in [1.54, 1.807) is 6.08 Å². The summed E-state index contributed by atoms with van der Waals surface area (Å²) < 4.78 is 51.5. The van der Waals surface area contributed by atoms with E-state index in [2.05, 4.69) is 104 Å². The number of benzene rings is 1. The maximum absolute atomic E-state index is 11.4. The molecule has 0 saturated heterocycles. The standard InChI is InChI=1S/C22H30O2Si.6CO.2Co/c1-7-14-20(23)17-12-9-13-18-21(19-15-10-8-11-16-19)24-25(5,6)22(2,3)4;6*1-2;;/h7-8,10-11,14-16,18H,9,13H2,1-6H3;;;;;;;;/b14-7+,17-12?,21-18-;;;;;;;;. The Kier molecular flexibility index (Phi) is 62.0. The van der Waals surface area contributed by atoms with Gasteiger partial charge in [-0.15, -0.1) is 0 Å². The minimum absolute atomic E-state index is 0. The normalized spacial score (nSPS) is 9.03. The zero-order chi connectivity index (χ0) is 30.9. The van der Waals surface area contributed by atoms with Gasteiger partial charge in [-0.05, 0) is 56.1 Å². The summed E-state index contributed by atoms with van der Waals surface area (Å²) in [5.74, 6) is 0.779. The van der Waals surface area contributed by atoms with Gasteiger partial charge in [-0.3, -0.25) is 4.79 Å². The molecule has 1 aromatic carbocycles. The Hall–Kier alpha value is -2.42. The van der Waals surface area contributed by atoms with Crippen LogP contribution in [-0.4, -0.2) is 14.1 Å². The first-order chi connectivity index (χ1) is 17.7. The molecule has 0 aromatic heterocycles. The molecular weight excluding hydrogens is 610 g/mol. The van der Waals surface area contributed by atoms with Gasteiger partial charge in [0.15, 0.2) is 5.78 Å². The van der Waals surface area contributed by atoms with E-state index in [1.807, 2.05) is 25.1 Å². The average Bonchev–Trinajstić information content (AvgIpc) is 2.94. The molecule has 0 bridgehead atoms. The van der Waals surface area contributed by atoms with Crippen molar-refractivity contribution in [3.05, 3.63) is 106 Å². The molecule has 1 rings (SSSR count). The van der Waals surface area contributed by atoms with Crippen LogP contribution < -0.4 is 0 Å². The molecule has 0 fully saturated rings. The Balaban J connectivity index is -0.000000101. The summed E-state index contributed by atoms with van der Waals surface area (Å²) in [6.07, 6.45) is 12.3. The smallest absolute Gasteiger partial charge is 0 e. The monoisotopic (exact) mass is 640 g/mol. The van der Waals surface area contributed by atoms with Gasteiger partial charge < -0.3 is 4.43 Å². The number of hydrogen-bond acceptors (Lipinski definition) is 2.